The van der Waals surface area contributed by atoms with Gasteiger partial charge in [-0.3, -0.25) is 0 Å². The summed E-state index contributed by atoms with van der Waals surface area (Å²) in [6.07, 6.45) is 0. The van der Waals surface area contributed by atoms with E-state index in [-0.39, 0.29) is 0 Å². The van der Waals surface area contributed by atoms with Gasteiger partial charge in [-0.2, -0.15) is 5.26 Å². The molecule has 0 saturated heterocycles. The highest BCUT2D eigenvalue weighted by molar-refractivity contribution is 7.99. The maximum atomic E-state index is 9.11. The van der Waals surface area contributed by atoms with Gasteiger partial charge in [0.1, 0.15) is 0 Å². The number of aromatic nitrogens is 3. The van der Waals surface area contributed by atoms with E-state index < -0.39 is 0 Å². The number of hydrogen-bond donors (Lipinski definition) is 0. The Morgan fingerprint density at radius 1 is 0.625 bits per heavy atom. The number of rotatable bonds is 3. The first-order valence-electron chi connectivity index (χ1n) is 13.1. The fraction of sp³-hybridized carbons (Fsp3) is 0. The van der Waals surface area contributed by atoms with Gasteiger partial charge in [0, 0.05) is 48.2 Å². The Morgan fingerprint density at radius 3 is 2.02 bits per heavy atom. The van der Waals surface area contributed by atoms with Crippen LogP contribution >= 0.6 is 11.8 Å². The van der Waals surface area contributed by atoms with Gasteiger partial charge in [0.25, 0.3) is 0 Å². The van der Waals surface area contributed by atoms with Crippen molar-refractivity contribution in [2.75, 3.05) is 0 Å². The highest BCUT2D eigenvalue weighted by Gasteiger charge is 2.29. The molecule has 9 rings (SSSR count). The van der Waals surface area contributed by atoms with Crippen LogP contribution in [0.3, 0.4) is 0 Å². The molecular weight excluding hydrogens is 508 g/mol. The van der Waals surface area contributed by atoms with E-state index in [1.165, 1.54) is 38.2 Å². The number of nitrogens with zero attached hydrogens (tertiary/aromatic N) is 4. The topological polar surface area (TPSA) is 54.5 Å². The molecule has 0 fully saturated rings. The van der Waals surface area contributed by atoms with Crippen molar-refractivity contribution in [2.24, 2.45) is 0 Å². The number of benzene rings is 4. The summed E-state index contributed by atoms with van der Waals surface area (Å²) in [6.45, 7) is 0. The summed E-state index contributed by atoms with van der Waals surface area (Å²) in [5.41, 5.74) is 10.6. The lowest BCUT2D eigenvalue weighted by Crippen LogP contribution is -1.95. The molecule has 0 unspecified atom stereocenters. The Labute approximate surface area is 233 Å². The molecule has 1 aromatic heterocycles. The standard InChI is InChI=1S/C35H18N4S/c36-19-20-9-13-22(14-10-20)40-23-15-11-21(12-16-23)39-34-28(18-31-32(34)25-6-2-4-8-30(25)37-31)27-17-26-24-5-1-3-7-29(24)38-33(26)35(27)39/h1-18H. The van der Waals surface area contributed by atoms with Crippen LogP contribution in [0, 0.1) is 11.3 Å². The van der Waals surface area contributed by atoms with Crippen molar-refractivity contribution in [1.29, 1.82) is 5.26 Å². The van der Waals surface area contributed by atoms with Crippen LogP contribution in [0.4, 0.5) is 0 Å². The Morgan fingerprint density at radius 2 is 1.27 bits per heavy atom. The third kappa shape index (κ3) is 2.91. The highest BCUT2D eigenvalue weighted by Crippen LogP contribution is 2.50. The second-order valence-corrected chi connectivity index (χ2v) is 11.3. The Balaban J connectivity index is 1.30. The lowest BCUT2D eigenvalue weighted by Gasteiger charge is -2.10. The molecule has 4 aromatic carbocycles. The van der Waals surface area contributed by atoms with Crippen LogP contribution in [-0.2, 0) is 0 Å². The number of fused-ring (bicyclic) bond motifs is 11. The predicted octanol–water partition coefficient (Wildman–Crippen LogP) is 8.99. The van der Waals surface area contributed by atoms with Gasteiger partial charge in [0.2, 0.25) is 0 Å². The fourth-order valence-corrected chi connectivity index (χ4v) is 7.03. The average molecular weight is 527 g/mol. The van der Waals surface area contributed by atoms with Gasteiger partial charge in [-0.1, -0.05) is 48.2 Å². The largest absolute Gasteiger partial charge is 0.306 e. The van der Waals surface area contributed by atoms with Crippen molar-refractivity contribution in [3.63, 3.8) is 0 Å². The number of hydrogen-bond acceptors (Lipinski definition) is 4. The van der Waals surface area contributed by atoms with Crippen LogP contribution < -0.4 is 0 Å². The molecule has 0 atom stereocenters. The normalized spacial score (nSPS) is 12.1. The van der Waals surface area contributed by atoms with Crippen molar-refractivity contribution in [3.8, 4) is 34.3 Å². The SMILES string of the molecule is N#Cc1ccc(Sc2ccc(-n3c4c5nc6ccccc6c-5cc4c4cc5nc6ccccc6c-5c43)cc2)cc1. The van der Waals surface area contributed by atoms with E-state index in [2.05, 4.69) is 89.5 Å². The number of nitriles is 1. The summed E-state index contributed by atoms with van der Waals surface area (Å²) in [6, 6.07) is 40.0. The minimum Gasteiger partial charge on any atom is -0.306 e. The smallest absolute Gasteiger partial charge is 0.0991 e. The third-order valence-corrected chi connectivity index (χ3v) is 8.96. The third-order valence-electron chi connectivity index (χ3n) is 7.94. The van der Waals surface area contributed by atoms with Gasteiger partial charge in [-0.25, -0.2) is 9.97 Å². The van der Waals surface area contributed by atoms with Crippen LogP contribution in [0.5, 0.6) is 0 Å². The summed E-state index contributed by atoms with van der Waals surface area (Å²) >= 11 is 1.69. The molecule has 0 N–H and O–H groups in total. The van der Waals surface area contributed by atoms with Crippen molar-refractivity contribution in [2.45, 2.75) is 9.79 Å². The monoisotopic (exact) mass is 526 g/mol. The molecule has 4 aliphatic rings. The van der Waals surface area contributed by atoms with E-state index in [1.54, 1.807) is 11.8 Å². The van der Waals surface area contributed by atoms with Gasteiger partial charge >= 0.3 is 0 Å². The predicted molar refractivity (Wildman–Crippen MR) is 162 cm³/mol. The van der Waals surface area contributed by atoms with Crippen molar-refractivity contribution < 1.29 is 0 Å². The van der Waals surface area contributed by atoms with Gasteiger partial charge in [-0.15, -0.1) is 0 Å². The molecule has 0 bridgehead atoms. The molecule has 4 nitrogen and oxygen atoms in total. The molecule has 2 aliphatic heterocycles. The molecule has 0 amide bonds. The minimum atomic E-state index is 0.672. The summed E-state index contributed by atoms with van der Waals surface area (Å²) in [4.78, 5) is 12.3. The molecule has 0 spiro atoms. The number of para-hydroxylation sites is 2. The minimum absolute atomic E-state index is 0.672. The maximum absolute atomic E-state index is 9.11. The van der Waals surface area contributed by atoms with Crippen LogP contribution in [0.1, 0.15) is 5.56 Å². The van der Waals surface area contributed by atoms with Crippen LogP contribution in [0.25, 0.3) is 71.8 Å². The van der Waals surface area contributed by atoms with Gasteiger partial charge in [0.15, 0.2) is 0 Å². The zero-order valence-corrected chi connectivity index (χ0v) is 21.9. The van der Waals surface area contributed by atoms with Crippen molar-refractivity contribution >= 4 is 55.4 Å². The van der Waals surface area contributed by atoms with Crippen LogP contribution in [0.2, 0.25) is 0 Å². The molecule has 5 aromatic rings. The zero-order chi connectivity index (χ0) is 26.4. The van der Waals surface area contributed by atoms with Crippen molar-refractivity contribution in [1.82, 2.24) is 14.5 Å². The van der Waals surface area contributed by atoms with E-state index >= 15 is 0 Å². The van der Waals surface area contributed by atoms with E-state index in [9.17, 15) is 0 Å². The first-order chi connectivity index (χ1) is 19.8. The first-order valence-corrected chi connectivity index (χ1v) is 14.0. The molecule has 0 radical (unpaired) electrons. The quantitative estimate of drug-likeness (QED) is 0.230. The second kappa shape index (κ2) is 7.92. The second-order valence-electron chi connectivity index (χ2n) is 10.2. The lowest BCUT2D eigenvalue weighted by atomic mass is 10.1. The summed E-state index contributed by atoms with van der Waals surface area (Å²) < 4.78 is 2.39. The Kier molecular flexibility index (Phi) is 4.30. The fourth-order valence-electron chi connectivity index (χ4n) is 6.21. The van der Waals surface area contributed by atoms with Crippen molar-refractivity contribution in [3.05, 3.63) is 115 Å². The summed E-state index contributed by atoms with van der Waals surface area (Å²) in [7, 11) is 0. The maximum Gasteiger partial charge on any atom is 0.0991 e. The Hall–Kier alpha value is -5.18. The molecule has 184 valence electrons. The lowest BCUT2D eigenvalue weighted by molar-refractivity contribution is 1.17. The molecule has 0 saturated carbocycles. The molecule has 40 heavy (non-hydrogen) atoms. The molecule has 2 aliphatic carbocycles. The highest BCUT2D eigenvalue weighted by atomic mass is 32.2. The molecule has 5 heteroatoms. The van der Waals surface area contributed by atoms with E-state index in [0.717, 1.165) is 43.4 Å². The summed E-state index contributed by atoms with van der Waals surface area (Å²) in [5.74, 6) is 0. The molecule has 3 heterocycles. The van der Waals surface area contributed by atoms with Gasteiger partial charge < -0.3 is 4.57 Å². The van der Waals surface area contributed by atoms with Gasteiger partial charge in [-0.05, 0) is 72.8 Å². The average Bonchev–Trinajstić information content (AvgIpc) is 3.77. The van der Waals surface area contributed by atoms with Gasteiger partial charge in [0.05, 0.1) is 45.1 Å². The van der Waals surface area contributed by atoms with E-state index in [0.29, 0.717) is 5.56 Å². The van der Waals surface area contributed by atoms with E-state index in [1.807, 2.05) is 30.3 Å². The molecular formula is C35H18N4S. The van der Waals surface area contributed by atoms with Crippen LogP contribution in [-0.4, -0.2) is 14.5 Å². The Bertz CT molecular complexity index is 2340. The summed E-state index contributed by atoms with van der Waals surface area (Å²) in [5, 5.41) is 13.9. The first kappa shape index (κ1) is 21.7. The zero-order valence-electron chi connectivity index (χ0n) is 21.1. The van der Waals surface area contributed by atoms with E-state index in [4.69, 9.17) is 15.2 Å². The van der Waals surface area contributed by atoms with Crippen LogP contribution in [0.15, 0.2) is 119 Å².